The standard InChI is InChI=1S/C16H25N3O/c1-4-8-17-14-10-13(9-12(3)19-14)15(20)18-11-16(5-2)6-7-16/h9-10H,4-8,11H2,1-3H3,(H,17,19)(H,18,20). The van der Waals surface area contributed by atoms with E-state index in [1.807, 2.05) is 19.1 Å². The largest absolute Gasteiger partial charge is 0.370 e. The van der Waals surface area contributed by atoms with Gasteiger partial charge in [-0.2, -0.15) is 0 Å². The van der Waals surface area contributed by atoms with Crippen molar-refractivity contribution >= 4 is 11.7 Å². The second-order valence-electron chi connectivity index (χ2n) is 5.85. The van der Waals surface area contributed by atoms with E-state index < -0.39 is 0 Å². The first-order chi connectivity index (χ1) is 9.58. The molecule has 1 aromatic rings. The molecular formula is C16H25N3O. The predicted molar refractivity (Wildman–Crippen MR) is 82.0 cm³/mol. The zero-order valence-electron chi connectivity index (χ0n) is 12.8. The molecule has 4 nitrogen and oxygen atoms in total. The lowest BCUT2D eigenvalue weighted by atomic mass is 10.0. The fourth-order valence-electron chi connectivity index (χ4n) is 2.35. The van der Waals surface area contributed by atoms with Crippen LogP contribution in [0.4, 0.5) is 5.82 Å². The number of aryl methyl sites for hydroxylation is 1. The Morgan fingerprint density at radius 3 is 2.70 bits per heavy atom. The van der Waals surface area contributed by atoms with E-state index >= 15 is 0 Å². The quantitative estimate of drug-likeness (QED) is 0.804. The van der Waals surface area contributed by atoms with Gasteiger partial charge in [0, 0.05) is 24.3 Å². The summed E-state index contributed by atoms with van der Waals surface area (Å²) in [5.74, 6) is 0.795. The van der Waals surface area contributed by atoms with Gasteiger partial charge >= 0.3 is 0 Å². The van der Waals surface area contributed by atoms with Crippen LogP contribution in [0.5, 0.6) is 0 Å². The zero-order chi connectivity index (χ0) is 14.6. The molecule has 1 heterocycles. The van der Waals surface area contributed by atoms with Crippen LogP contribution in [-0.4, -0.2) is 24.0 Å². The number of anilines is 1. The molecule has 0 unspecified atom stereocenters. The molecule has 1 aliphatic carbocycles. The fraction of sp³-hybridized carbons (Fsp3) is 0.625. The molecule has 20 heavy (non-hydrogen) atoms. The molecule has 110 valence electrons. The van der Waals surface area contributed by atoms with Crippen LogP contribution in [0.15, 0.2) is 12.1 Å². The minimum absolute atomic E-state index is 0.00905. The highest BCUT2D eigenvalue weighted by molar-refractivity contribution is 5.95. The molecule has 1 fully saturated rings. The number of nitrogens with one attached hydrogen (secondary N) is 2. The molecule has 1 aromatic heterocycles. The maximum Gasteiger partial charge on any atom is 0.251 e. The van der Waals surface area contributed by atoms with E-state index in [0.29, 0.717) is 11.0 Å². The lowest BCUT2D eigenvalue weighted by Crippen LogP contribution is -2.30. The number of aromatic nitrogens is 1. The third-order valence-electron chi connectivity index (χ3n) is 4.10. The van der Waals surface area contributed by atoms with Crippen LogP contribution in [-0.2, 0) is 0 Å². The molecule has 0 spiro atoms. The van der Waals surface area contributed by atoms with Gasteiger partial charge in [-0.15, -0.1) is 0 Å². The number of rotatable bonds is 7. The monoisotopic (exact) mass is 275 g/mol. The van der Waals surface area contributed by atoms with Gasteiger partial charge in [0.05, 0.1) is 0 Å². The minimum Gasteiger partial charge on any atom is -0.370 e. The molecule has 1 aliphatic rings. The summed E-state index contributed by atoms with van der Waals surface area (Å²) in [6.07, 6.45) is 4.66. The minimum atomic E-state index is 0.00905. The molecular weight excluding hydrogens is 250 g/mol. The average Bonchev–Trinajstić information content (AvgIpc) is 3.22. The first-order valence-corrected chi connectivity index (χ1v) is 7.59. The van der Waals surface area contributed by atoms with Crippen molar-refractivity contribution in [1.29, 1.82) is 0 Å². The molecule has 1 amide bonds. The molecule has 4 heteroatoms. The van der Waals surface area contributed by atoms with Crippen LogP contribution in [0, 0.1) is 12.3 Å². The van der Waals surface area contributed by atoms with Crippen LogP contribution < -0.4 is 10.6 Å². The third kappa shape index (κ3) is 3.71. The summed E-state index contributed by atoms with van der Waals surface area (Å²) in [6.45, 7) is 7.89. The zero-order valence-corrected chi connectivity index (χ0v) is 12.8. The van der Waals surface area contributed by atoms with Crippen molar-refractivity contribution < 1.29 is 4.79 Å². The number of hydrogen-bond donors (Lipinski definition) is 2. The highest BCUT2D eigenvalue weighted by Gasteiger charge is 2.40. The molecule has 2 N–H and O–H groups in total. The summed E-state index contributed by atoms with van der Waals surface area (Å²) in [7, 11) is 0. The van der Waals surface area contributed by atoms with E-state index in [9.17, 15) is 4.79 Å². The number of carbonyl (C=O) groups is 1. The molecule has 1 saturated carbocycles. The van der Waals surface area contributed by atoms with Gasteiger partial charge in [0.25, 0.3) is 5.91 Å². The Labute approximate surface area is 121 Å². The normalized spacial score (nSPS) is 15.8. The number of pyridine rings is 1. The van der Waals surface area contributed by atoms with Gasteiger partial charge in [0.1, 0.15) is 5.82 Å². The van der Waals surface area contributed by atoms with Gasteiger partial charge in [-0.05, 0) is 50.2 Å². The first kappa shape index (κ1) is 14.8. The number of carbonyl (C=O) groups excluding carboxylic acids is 1. The lowest BCUT2D eigenvalue weighted by Gasteiger charge is -2.14. The Hall–Kier alpha value is -1.58. The Bertz CT molecular complexity index is 481. The predicted octanol–water partition coefficient (Wildman–Crippen LogP) is 3.13. The molecule has 0 saturated heterocycles. The van der Waals surface area contributed by atoms with E-state index in [0.717, 1.165) is 37.4 Å². The first-order valence-electron chi connectivity index (χ1n) is 7.59. The van der Waals surface area contributed by atoms with Crippen molar-refractivity contribution in [3.05, 3.63) is 23.4 Å². The fourth-order valence-corrected chi connectivity index (χ4v) is 2.35. The van der Waals surface area contributed by atoms with Gasteiger partial charge in [-0.1, -0.05) is 13.8 Å². The van der Waals surface area contributed by atoms with Crippen molar-refractivity contribution in [3.8, 4) is 0 Å². The van der Waals surface area contributed by atoms with E-state index in [1.54, 1.807) is 0 Å². The molecule has 0 aromatic carbocycles. The second-order valence-corrected chi connectivity index (χ2v) is 5.85. The van der Waals surface area contributed by atoms with Crippen molar-refractivity contribution in [2.24, 2.45) is 5.41 Å². The summed E-state index contributed by atoms with van der Waals surface area (Å²) in [4.78, 5) is 16.6. The maximum absolute atomic E-state index is 12.2. The van der Waals surface area contributed by atoms with Crippen molar-refractivity contribution in [1.82, 2.24) is 10.3 Å². The molecule has 0 aliphatic heterocycles. The van der Waals surface area contributed by atoms with Gasteiger partial charge < -0.3 is 10.6 Å². The molecule has 0 radical (unpaired) electrons. The number of amides is 1. The lowest BCUT2D eigenvalue weighted by molar-refractivity contribution is 0.0944. The second kappa shape index (κ2) is 6.25. The van der Waals surface area contributed by atoms with Crippen LogP contribution in [0.3, 0.4) is 0 Å². The van der Waals surface area contributed by atoms with Crippen molar-refractivity contribution in [2.75, 3.05) is 18.4 Å². The summed E-state index contributed by atoms with van der Waals surface area (Å²) in [5.41, 5.74) is 1.94. The summed E-state index contributed by atoms with van der Waals surface area (Å²) in [5, 5.41) is 6.30. The molecule has 0 bridgehead atoms. The van der Waals surface area contributed by atoms with Gasteiger partial charge in [0.2, 0.25) is 0 Å². The van der Waals surface area contributed by atoms with Crippen LogP contribution in [0.2, 0.25) is 0 Å². The van der Waals surface area contributed by atoms with E-state index in [1.165, 1.54) is 12.8 Å². The van der Waals surface area contributed by atoms with Crippen molar-refractivity contribution in [2.45, 2.75) is 46.5 Å². The maximum atomic E-state index is 12.2. The topological polar surface area (TPSA) is 54.0 Å². The summed E-state index contributed by atoms with van der Waals surface area (Å²) < 4.78 is 0. The molecule has 0 atom stereocenters. The van der Waals surface area contributed by atoms with Gasteiger partial charge in [-0.3, -0.25) is 4.79 Å². The van der Waals surface area contributed by atoms with Gasteiger partial charge in [-0.25, -0.2) is 4.98 Å². The highest BCUT2D eigenvalue weighted by atomic mass is 16.1. The van der Waals surface area contributed by atoms with Gasteiger partial charge in [0.15, 0.2) is 0 Å². The van der Waals surface area contributed by atoms with Crippen LogP contribution in [0.25, 0.3) is 0 Å². The highest BCUT2D eigenvalue weighted by Crippen LogP contribution is 2.47. The Balaban J connectivity index is 1.99. The Morgan fingerprint density at radius 1 is 1.35 bits per heavy atom. The number of nitrogens with zero attached hydrogens (tertiary/aromatic N) is 1. The average molecular weight is 275 g/mol. The number of hydrogen-bond acceptors (Lipinski definition) is 3. The third-order valence-corrected chi connectivity index (χ3v) is 4.10. The van der Waals surface area contributed by atoms with E-state index in [-0.39, 0.29) is 5.91 Å². The summed E-state index contributed by atoms with van der Waals surface area (Å²) >= 11 is 0. The van der Waals surface area contributed by atoms with Crippen LogP contribution >= 0.6 is 0 Å². The summed E-state index contributed by atoms with van der Waals surface area (Å²) in [6, 6.07) is 3.68. The van der Waals surface area contributed by atoms with E-state index in [2.05, 4.69) is 29.5 Å². The Morgan fingerprint density at radius 2 is 2.10 bits per heavy atom. The Kier molecular flexibility index (Phi) is 4.63. The van der Waals surface area contributed by atoms with E-state index in [4.69, 9.17) is 0 Å². The van der Waals surface area contributed by atoms with Crippen molar-refractivity contribution in [3.63, 3.8) is 0 Å². The SMILES string of the molecule is CCCNc1cc(C(=O)NCC2(CC)CC2)cc(C)n1. The smallest absolute Gasteiger partial charge is 0.251 e. The molecule has 2 rings (SSSR count). The van der Waals surface area contributed by atoms with Crippen LogP contribution in [0.1, 0.15) is 55.6 Å².